The summed E-state index contributed by atoms with van der Waals surface area (Å²) in [7, 11) is 0. The number of rotatable bonds is 4. The average molecular weight is 452 g/mol. The Bertz CT molecular complexity index is 925. The van der Waals surface area contributed by atoms with Gasteiger partial charge in [-0.05, 0) is 65.1 Å². The maximum atomic E-state index is 10.1. The third-order valence-electron chi connectivity index (χ3n) is 3.25. The molecule has 6 nitrogen and oxygen atoms in total. The van der Waals surface area contributed by atoms with E-state index in [1.807, 2.05) is 0 Å². The minimum absolute atomic E-state index is 0.00807. The van der Waals surface area contributed by atoms with Crippen LogP contribution in [0.2, 0.25) is 0 Å². The Kier molecular flexibility index (Phi) is 4.75. The maximum absolute atomic E-state index is 10.1. The molecule has 0 heterocycles. The van der Waals surface area contributed by atoms with Crippen LogP contribution in [0.1, 0.15) is 0 Å². The third kappa shape index (κ3) is 4.00. The van der Waals surface area contributed by atoms with Crippen molar-refractivity contribution >= 4 is 22.6 Å². The van der Waals surface area contributed by atoms with Crippen molar-refractivity contribution in [2.75, 3.05) is 0 Å². The van der Waals surface area contributed by atoms with Crippen molar-refractivity contribution in [1.82, 2.24) is 0 Å². The molecule has 4 N–H and O–H groups in total. The van der Waals surface area contributed by atoms with Gasteiger partial charge in [-0.3, -0.25) is 0 Å². The van der Waals surface area contributed by atoms with Crippen molar-refractivity contribution in [2.45, 2.75) is 0 Å². The van der Waals surface area contributed by atoms with Gasteiger partial charge >= 0.3 is 0 Å². The van der Waals surface area contributed by atoms with Crippen LogP contribution >= 0.6 is 22.6 Å². The lowest BCUT2D eigenvalue weighted by atomic mass is 10.2. The molecule has 25 heavy (non-hydrogen) atoms. The van der Waals surface area contributed by atoms with Crippen molar-refractivity contribution in [3.05, 3.63) is 58.2 Å². The Morgan fingerprint density at radius 3 is 1.64 bits per heavy atom. The lowest BCUT2D eigenvalue weighted by molar-refractivity contribution is 0.386. The summed E-state index contributed by atoms with van der Waals surface area (Å²) in [5.74, 6) is 0.177. The van der Waals surface area contributed by atoms with E-state index in [0.717, 1.165) is 3.57 Å². The van der Waals surface area contributed by atoms with Gasteiger partial charge in [0.25, 0.3) is 0 Å². The highest BCUT2D eigenvalue weighted by Gasteiger charge is 2.10. The molecule has 3 aromatic rings. The number of benzene rings is 3. The van der Waals surface area contributed by atoms with Crippen LogP contribution in [0.25, 0.3) is 0 Å². The molecular formula is C18H13IO6. The fraction of sp³-hybridized carbons (Fsp3) is 0. The highest BCUT2D eigenvalue weighted by atomic mass is 127. The highest BCUT2D eigenvalue weighted by Crippen LogP contribution is 2.39. The van der Waals surface area contributed by atoms with E-state index in [4.69, 9.17) is 9.47 Å². The highest BCUT2D eigenvalue weighted by molar-refractivity contribution is 14.1. The average Bonchev–Trinajstić information content (AvgIpc) is 2.56. The molecule has 0 aromatic heterocycles. The smallest absolute Gasteiger partial charge is 0.169 e. The van der Waals surface area contributed by atoms with Crippen molar-refractivity contribution in [3.63, 3.8) is 0 Å². The molecule has 0 saturated carbocycles. The Balaban J connectivity index is 1.79. The van der Waals surface area contributed by atoms with Crippen LogP contribution in [0.15, 0.2) is 54.6 Å². The number of hydrogen-bond donors (Lipinski definition) is 4. The zero-order chi connectivity index (χ0) is 18.0. The van der Waals surface area contributed by atoms with Gasteiger partial charge in [-0.15, -0.1) is 0 Å². The molecule has 0 aliphatic rings. The van der Waals surface area contributed by atoms with E-state index in [2.05, 4.69) is 22.6 Å². The van der Waals surface area contributed by atoms with Gasteiger partial charge in [-0.1, -0.05) is 0 Å². The minimum atomic E-state index is -0.328. The number of ether oxygens (including phenoxy) is 2. The maximum Gasteiger partial charge on any atom is 0.169 e. The number of phenols is 4. The summed E-state index contributed by atoms with van der Waals surface area (Å²) in [4.78, 5) is 0. The Morgan fingerprint density at radius 1 is 0.560 bits per heavy atom. The largest absolute Gasteiger partial charge is 0.504 e. The molecule has 3 aromatic carbocycles. The standard InChI is InChI=1S/C18H13IO6/c19-10-1-5-17(15(22)7-10)25-12-3-6-18(16(23)9-12)24-11-2-4-13(20)14(21)8-11/h1-9,20-23H. The molecule has 0 spiro atoms. The van der Waals surface area contributed by atoms with Crippen molar-refractivity contribution in [2.24, 2.45) is 0 Å². The molecular weight excluding hydrogens is 439 g/mol. The predicted molar refractivity (Wildman–Crippen MR) is 98.9 cm³/mol. The fourth-order valence-electron chi connectivity index (χ4n) is 2.04. The van der Waals surface area contributed by atoms with Crippen LogP contribution in [0.3, 0.4) is 0 Å². The van der Waals surface area contributed by atoms with Crippen LogP contribution in [0.5, 0.6) is 46.0 Å². The van der Waals surface area contributed by atoms with Gasteiger partial charge in [0.15, 0.2) is 34.5 Å². The molecule has 0 saturated heterocycles. The molecule has 0 bridgehead atoms. The van der Waals surface area contributed by atoms with Gasteiger partial charge in [0.05, 0.1) is 0 Å². The quantitative estimate of drug-likeness (QED) is 0.339. The normalized spacial score (nSPS) is 10.4. The number of aromatic hydroxyl groups is 4. The molecule has 0 unspecified atom stereocenters. The molecule has 128 valence electrons. The topological polar surface area (TPSA) is 99.4 Å². The molecule has 3 rings (SSSR count). The van der Waals surface area contributed by atoms with Crippen molar-refractivity contribution in [1.29, 1.82) is 0 Å². The van der Waals surface area contributed by atoms with Crippen LogP contribution < -0.4 is 9.47 Å². The van der Waals surface area contributed by atoms with E-state index in [9.17, 15) is 20.4 Å². The first kappa shape index (κ1) is 17.0. The minimum Gasteiger partial charge on any atom is -0.504 e. The van der Waals surface area contributed by atoms with E-state index in [1.165, 1.54) is 30.3 Å². The Hall–Kier alpha value is -2.81. The van der Waals surface area contributed by atoms with Crippen molar-refractivity contribution < 1.29 is 29.9 Å². The second-order valence-corrected chi connectivity index (χ2v) is 6.34. The zero-order valence-corrected chi connectivity index (χ0v) is 14.8. The summed E-state index contributed by atoms with van der Waals surface area (Å²) >= 11 is 2.07. The van der Waals surface area contributed by atoms with Gasteiger partial charge < -0.3 is 29.9 Å². The number of hydrogen-bond acceptors (Lipinski definition) is 6. The number of phenolic OH excluding ortho intramolecular Hbond substituents is 4. The molecule has 0 atom stereocenters. The number of halogens is 1. The summed E-state index contributed by atoms with van der Waals surface area (Å²) < 4.78 is 11.9. The van der Waals surface area contributed by atoms with Gasteiger partial charge in [0.2, 0.25) is 0 Å². The molecule has 0 fully saturated rings. The lowest BCUT2D eigenvalue weighted by Gasteiger charge is -2.11. The Labute approximate surface area is 156 Å². The first-order valence-electron chi connectivity index (χ1n) is 7.11. The van der Waals surface area contributed by atoms with Gasteiger partial charge in [-0.25, -0.2) is 0 Å². The summed E-state index contributed by atoms with van der Waals surface area (Å²) in [6.07, 6.45) is 0. The van der Waals surface area contributed by atoms with E-state index >= 15 is 0 Å². The summed E-state index contributed by atoms with van der Waals surface area (Å²) in [6, 6.07) is 13.3. The SMILES string of the molecule is Oc1ccc(Oc2ccc(Oc3ccc(I)cc3O)cc2O)cc1O. The first-order valence-corrected chi connectivity index (χ1v) is 8.19. The van der Waals surface area contributed by atoms with E-state index in [0.29, 0.717) is 5.75 Å². The second kappa shape index (κ2) is 6.98. The van der Waals surface area contributed by atoms with E-state index in [-0.39, 0.29) is 40.2 Å². The molecule has 0 amide bonds. The first-order chi connectivity index (χ1) is 11.9. The van der Waals surface area contributed by atoms with E-state index in [1.54, 1.807) is 24.3 Å². The summed E-state index contributed by atoms with van der Waals surface area (Å²) in [5.41, 5.74) is 0. The summed E-state index contributed by atoms with van der Waals surface area (Å²) in [5, 5.41) is 38.7. The second-order valence-electron chi connectivity index (χ2n) is 5.10. The van der Waals surface area contributed by atoms with Gasteiger partial charge in [0.1, 0.15) is 11.5 Å². The van der Waals surface area contributed by atoms with Gasteiger partial charge in [-0.2, -0.15) is 0 Å². The lowest BCUT2D eigenvalue weighted by Crippen LogP contribution is -1.88. The van der Waals surface area contributed by atoms with E-state index < -0.39 is 0 Å². The third-order valence-corrected chi connectivity index (χ3v) is 3.92. The predicted octanol–water partition coefficient (Wildman–Crippen LogP) is 4.70. The molecule has 0 aliphatic heterocycles. The van der Waals surface area contributed by atoms with Gasteiger partial charge in [0, 0.05) is 15.7 Å². The van der Waals surface area contributed by atoms with Crippen molar-refractivity contribution in [3.8, 4) is 46.0 Å². The molecule has 0 radical (unpaired) electrons. The molecule has 0 aliphatic carbocycles. The Morgan fingerprint density at radius 2 is 1.08 bits per heavy atom. The monoisotopic (exact) mass is 452 g/mol. The summed E-state index contributed by atoms with van der Waals surface area (Å²) in [6.45, 7) is 0. The zero-order valence-electron chi connectivity index (χ0n) is 12.7. The van der Waals surface area contributed by atoms with Crippen LogP contribution in [0.4, 0.5) is 0 Å². The molecule has 7 heteroatoms. The fourth-order valence-corrected chi connectivity index (χ4v) is 2.52. The van der Waals surface area contributed by atoms with Crippen LogP contribution in [-0.2, 0) is 0 Å². The van der Waals surface area contributed by atoms with Crippen LogP contribution in [-0.4, -0.2) is 20.4 Å². The van der Waals surface area contributed by atoms with Crippen LogP contribution in [0, 0.1) is 3.57 Å².